The van der Waals surface area contributed by atoms with Crippen molar-refractivity contribution in [3.63, 3.8) is 0 Å². The van der Waals surface area contributed by atoms with Crippen molar-refractivity contribution >= 4 is 17.5 Å². The molecule has 3 N–H and O–H groups in total. The third-order valence-corrected chi connectivity index (χ3v) is 5.46. The topological polar surface area (TPSA) is 93.3 Å². The van der Waals surface area contributed by atoms with Gasteiger partial charge in [0.2, 0.25) is 5.91 Å². The van der Waals surface area contributed by atoms with Gasteiger partial charge < -0.3 is 15.5 Å². The van der Waals surface area contributed by atoms with Crippen LogP contribution in [0.25, 0.3) is 0 Å². The summed E-state index contributed by atoms with van der Waals surface area (Å²) in [5.41, 5.74) is 2.54. The molecule has 0 heterocycles. The first-order valence-corrected chi connectivity index (χ1v) is 10.4. The van der Waals surface area contributed by atoms with Crippen LogP contribution in [-0.4, -0.2) is 28.8 Å². The molecule has 0 radical (unpaired) electrons. The van der Waals surface area contributed by atoms with Crippen LogP contribution in [0.4, 0.5) is 0 Å². The molecule has 0 bridgehead atoms. The van der Waals surface area contributed by atoms with Gasteiger partial charge in [0.25, 0.3) is 0 Å². The van der Waals surface area contributed by atoms with Crippen molar-refractivity contribution in [1.29, 1.82) is 5.26 Å². The van der Waals surface area contributed by atoms with Gasteiger partial charge in [-0.1, -0.05) is 49.7 Å². The van der Waals surface area contributed by atoms with Gasteiger partial charge in [-0.05, 0) is 60.6 Å². The maximum atomic E-state index is 12.7. The van der Waals surface area contributed by atoms with E-state index in [4.69, 9.17) is 11.6 Å². The second kappa shape index (κ2) is 10.1. The third-order valence-electron chi connectivity index (χ3n) is 5.11. The molecule has 1 atom stereocenters. The molecule has 1 amide bonds. The largest absolute Gasteiger partial charge is 0.394 e. The van der Waals surface area contributed by atoms with Crippen LogP contribution in [0.15, 0.2) is 36.4 Å². The molecular weight excluding hydrogens is 400 g/mol. The molecule has 0 aliphatic rings. The predicted molar refractivity (Wildman–Crippen MR) is 118 cm³/mol. The van der Waals surface area contributed by atoms with E-state index in [9.17, 15) is 20.3 Å². The highest BCUT2D eigenvalue weighted by Crippen LogP contribution is 2.31. The third kappa shape index (κ3) is 5.82. The summed E-state index contributed by atoms with van der Waals surface area (Å²) in [5.74, 6) is -0.107. The zero-order valence-corrected chi connectivity index (χ0v) is 18.6. The molecule has 0 saturated heterocycles. The van der Waals surface area contributed by atoms with Gasteiger partial charge in [-0.3, -0.25) is 4.79 Å². The maximum absolute atomic E-state index is 12.7. The summed E-state index contributed by atoms with van der Waals surface area (Å²) in [6, 6.07) is 12.2. The molecular formula is C24H29ClN2O3. The van der Waals surface area contributed by atoms with Gasteiger partial charge in [0.1, 0.15) is 0 Å². The number of aliphatic hydroxyl groups is 2. The Hall–Kier alpha value is -2.39. The van der Waals surface area contributed by atoms with Crippen molar-refractivity contribution < 1.29 is 15.0 Å². The van der Waals surface area contributed by atoms with Gasteiger partial charge in [-0.2, -0.15) is 5.26 Å². The number of hydrogen-bond donors (Lipinski definition) is 3. The van der Waals surface area contributed by atoms with E-state index < -0.39 is 11.6 Å². The summed E-state index contributed by atoms with van der Waals surface area (Å²) in [5, 5.41) is 33.0. The number of aliphatic hydroxyl groups excluding tert-OH is 1. The second-order valence-electron chi connectivity index (χ2n) is 8.29. The van der Waals surface area contributed by atoms with Crippen molar-refractivity contribution in [2.45, 2.75) is 58.1 Å². The van der Waals surface area contributed by atoms with Crippen LogP contribution in [0.1, 0.15) is 61.4 Å². The molecule has 0 aromatic heterocycles. The van der Waals surface area contributed by atoms with Gasteiger partial charge in [0, 0.05) is 5.02 Å². The molecule has 0 saturated carbocycles. The van der Waals surface area contributed by atoms with Crippen molar-refractivity contribution in [3.8, 4) is 6.07 Å². The lowest BCUT2D eigenvalue weighted by Crippen LogP contribution is -2.40. The first-order valence-electron chi connectivity index (χ1n) is 10.0. The van der Waals surface area contributed by atoms with Gasteiger partial charge in [0.05, 0.1) is 36.3 Å². The highest BCUT2D eigenvalue weighted by Gasteiger charge is 2.25. The van der Waals surface area contributed by atoms with Crippen LogP contribution in [0.2, 0.25) is 5.02 Å². The number of rotatable bonds is 8. The average Bonchev–Trinajstić information content (AvgIpc) is 2.68. The number of nitrogens with zero attached hydrogens (tertiary/aromatic N) is 1. The fraction of sp³-hybridized carbons (Fsp3) is 0.417. The fourth-order valence-electron chi connectivity index (χ4n) is 3.64. The Morgan fingerprint density at radius 3 is 2.43 bits per heavy atom. The predicted octanol–water partition coefficient (Wildman–Crippen LogP) is 3.82. The standard InChI is InChI=1S/C24H29ClN2O3/c1-15(2)18-8-6-9-21(24(3,4)30)20(18)11-17(14-28)27-23(29)12-19-16(13-26)7-5-10-22(19)25/h5-10,15,17,28,30H,11-12,14H2,1-4H3,(H,27,29). The number of nitrogens with one attached hydrogen (secondary N) is 1. The molecule has 30 heavy (non-hydrogen) atoms. The van der Waals surface area contributed by atoms with E-state index in [1.807, 2.05) is 18.2 Å². The molecule has 2 aromatic carbocycles. The van der Waals surface area contributed by atoms with E-state index in [1.54, 1.807) is 32.0 Å². The van der Waals surface area contributed by atoms with E-state index in [0.29, 0.717) is 22.6 Å². The van der Waals surface area contributed by atoms with Crippen LogP contribution < -0.4 is 5.32 Å². The zero-order valence-electron chi connectivity index (χ0n) is 17.9. The highest BCUT2D eigenvalue weighted by atomic mass is 35.5. The van der Waals surface area contributed by atoms with E-state index in [2.05, 4.69) is 25.2 Å². The molecule has 1 unspecified atom stereocenters. The molecule has 0 aliphatic carbocycles. The summed E-state index contributed by atoms with van der Waals surface area (Å²) >= 11 is 6.17. The van der Waals surface area contributed by atoms with E-state index >= 15 is 0 Å². The van der Waals surface area contributed by atoms with Crippen LogP contribution in [0.5, 0.6) is 0 Å². The summed E-state index contributed by atoms with van der Waals surface area (Å²) in [6.45, 7) is 7.34. The number of hydrogen-bond acceptors (Lipinski definition) is 4. The maximum Gasteiger partial charge on any atom is 0.224 e. The smallest absolute Gasteiger partial charge is 0.224 e. The van der Waals surface area contributed by atoms with E-state index in [-0.39, 0.29) is 24.9 Å². The summed E-state index contributed by atoms with van der Waals surface area (Å²) < 4.78 is 0. The monoisotopic (exact) mass is 428 g/mol. The SMILES string of the molecule is CC(C)c1cccc(C(C)(C)O)c1CC(CO)NC(=O)Cc1c(Cl)cccc1C#N. The molecule has 0 spiro atoms. The molecule has 0 aliphatic heterocycles. The van der Waals surface area contributed by atoms with Gasteiger partial charge in [-0.15, -0.1) is 0 Å². The number of carbonyl (C=O) groups is 1. The highest BCUT2D eigenvalue weighted by molar-refractivity contribution is 6.31. The normalized spacial score (nSPS) is 12.5. The molecule has 0 fully saturated rings. The van der Waals surface area contributed by atoms with Crippen LogP contribution in [0.3, 0.4) is 0 Å². The fourth-order valence-corrected chi connectivity index (χ4v) is 3.88. The van der Waals surface area contributed by atoms with E-state index in [0.717, 1.165) is 16.7 Å². The molecule has 2 aromatic rings. The first kappa shape index (κ1) is 23.9. The lowest BCUT2D eigenvalue weighted by Gasteiger charge is -2.27. The van der Waals surface area contributed by atoms with Gasteiger partial charge in [0.15, 0.2) is 0 Å². The molecule has 5 nitrogen and oxygen atoms in total. The molecule has 160 valence electrons. The summed E-state index contributed by atoms with van der Waals surface area (Å²) in [7, 11) is 0. The summed E-state index contributed by atoms with van der Waals surface area (Å²) in [4.78, 5) is 12.7. The second-order valence-corrected chi connectivity index (χ2v) is 8.70. The minimum absolute atomic E-state index is 0.0523. The van der Waals surface area contributed by atoms with Crippen molar-refractivity contribution in [1.82, 2.24) is 5.32 Å². The Morgan fingerprint density at radius 1 is 1.20 bits per heavy atom. The minimum Gasteiger partial charge on any atom is -0.394 e. The Kier molecular flexibility index (Phi) is 8.03. The van der Waals surface area contributed by atoms with Crippen LogP contribution in [-0.2, 0) is 23.2 Å². The number of nitriles is 1. The zero-order chi connectivity index (χ0) is 22.5. The Morgan fingerprint density at radius 2 is 1.87 bits per heavy atom. The van der Waals surface area contributed by atoms with Crippen molar-refractivity contribution in [2.24, 2.45) is 0 Å². The van der Waals surface area contributed by atoms with Gasteiger partial charge >= 0.3 is 0 Å². The first-order chi connectivity index (χ1) is 14.1. The Labute approximate surface area is 183 Å². The van der Waals surface area contributed by atoms with Gasteiger partial charge in [-0.25, -0.2) is 0 Å². The molecule has 6 heteroatoms. The lowest BCUT2D eigenvalue weighted by molar-refractivity contribution is -0.121. The van der Waals surface area contributed by atoms with Crippen LogP contribution >= 0.6 is 11.6 Å². The lowest BCUT2D eigenvalue weighted by atomic mass is 9.84. The number of amides is 1. The quantitative estimate of drug-likeness (QED) is 0.595. The number of benzene rings is 2. The minimum atomic E-state index is -1.05. The van der Waals surface area contributed by atoms with Crippen LogP contribution in [0, 0.1) is 11.3 Å². The van der Waals surface area contributed by atoms with Crippen molar-refractivity contribution in [3.05, 3.63) is 69.2 Å². The van der Waals surface area contributed by atoms with E-state index in [1.165, 1.54) is 0 Å². The number of carbonyl (C=O) groups excluding carboxylic acids is 1. The number of halogens is 1. The van der Waals surface area contributed by atoms with Crippen molar-refractivity contribution in [2.75, 3.05) is 6.61 Å². The molecule has 2 rings (SSSR count). The Balaban J connectivity index is 2.27. The average molecular weight is 429 g/mol. The summed E-state index contributed by atoms with van der Waals surface area (Å²) in [6.07, 6.45) is 0.326. The Bertz CT molecular complexity index is 942.